The smallest absolute Gasteiger partial charge is 0.258 e. The Labute approximate surface area is 172 Å². The van der Waals surface area contributed by atoms with Crippen molar-refractivity contribution < 1.29 is 19.0 Å². The molecule has 0 radical (unpaired) electrons. The minimum atomic E-state index is -0.101. The number of hydrogen-bond donors (Lipinski definition) is 1. The van der Waals surface area contributed by atoms with Crippen molar-refractivity contribution in [2.75, 3.05) is 19.8 Å². The Bertz CT molecular complexity index is 862. The summed E-state index contributed by atoms with van der Waals surface area (Å²) in [5.41, 5.74) is 2.21. The molecule has 1 aliphatic carbocycles. The van der Waals surface area contributed by atoms with E-state index in [0.29, 0.717) is 25.0 Å². The van der Waals surface area contributed by atoms with E-state index in [0.717, 1.165) is 47.6 Å². The third-order valence-electron chi connectivity index (χ3n) is 5.76. The Kier molecular flexibility index (Phi) is 5.93. The van der Waals surface area contributed by atoms with Crippen molar-refractivity contribution in [3.05, 3.63) is 53.6 Å². The zero-order valence-electron chi connectivity index (χ0n) is 17.1. The van der Waals surface area contributed by atoms with Gasteiger partial charge >= 0.3 is 0 Å². The van der Waals surface area contributed by atoms with E-state index in [1.165, 1.54) is 0 Å². The number of ether oxygens (including phenoxy) is 3. The van der Waals surface area contributed by atoms with Crippen LogP contribution in [0.15, 0.2) is 42.5 Å². The summed E-state index contributed by atoms with van der Waals surface area (Å²) in [7, 11) is 0. The monoisotopic (exact) mass is 395 g/mol. The first kappa shape index (κ1) is 19.6. The second-order valence-electron chi connectivity index (χ2n) is 7.92. The number of nitrogens with one attached hydrogen (secondary N) is 1. The zero-order valence-corrected chi connectivity index (χ0v) is 17.1. The Morgan fingerprint density at radius 2 is 1.90 bits per heavy atom. The first-order valence-electron chi connectivity index (χ1n) is 10.6. The summed E-state index contributed by atoms with van der Waals surface area (Å²) in [5, 5.41) is 3.17. The molecule has 1 aliphatic heterocycles. The van der Waals surface area contributed by atoms with Crippen LogP contribution in [0.5, 0.6) is 17.2 Å². The quantitative estimate of drug-likeness (QED) is 0.709. The Morgan fingerprint density at radius 1 is 1.14 bits per heavy atom. The highest BCUT2D eigenvalue weighted by molar-refractivity contribution is 5.78. The third kappa shape index (κ3) is 4.66. The molecule has 29 heavy (non-hydrogen) atoms. The molecule has 2 aromatic carbocycles. The minimum absolute atomic E-state index is 0.0151. The van der Waals surface area contributed by atoms with Crippen LogP contribution in [0.4, 0.5) is 0 Å². The first-order valence-corrected chi connectivity index (χ1v) is 10.6. The molecule has 1 amide bonds. The molecule has 1 heterocycles. The molecular formula is C24H29NO4. The molecule has 1 saturated carbocycles. The Morgan fingerprint density at radius 3 is 2.66 bits per heavy atom. The van der Waals surface area contributed by atoms with Crippen molar-refractivity contribution in [1.82, 2.24) is 5.32 Å². The summed E-state index contributed by atoms with van der Waals surface area (Å²) in [6, 6.07) is 13.9. The molecule has 0 aromatic heterocycles. The van der Waals surface area contributed by atoms with E-state index in [1.807, 2.05) is 36.4 Å². The second kappa shape index (κ2) is 8.76. The fourth-order valence-corrected chi connectivity index (χ4v) is 3.75. The second-order valence-corrected chi connectivity index (χ2v) is 7.92. The van der Waals surface area contributed by atoms with Crippen LogP contribution in [0.25, 0.3) is 0 Å². The summed E-state index contributed by atoms with van der Waals surface area (Å²) >= 11 is 0. The number of benzene rings is 2. The largest absolute Gasteiger partial charge is 0.486 e. The van der Waals surface area contributed by atoms with Crippen LogP contribution in [0.2, 0.25) is 0 Å². The van der Waals surface area contributed by atoms with Gasteiger partial charge in [-0.2, -0.15) is 0 Å². The molecule has 2 unspecified atom stereocenters. The maximum absolute atomic E-state index is 12.7. The van der Waals surface area contributed by atoms with E-state index >= 15 is 0 Å². The lowest BCUT2D eigenvalue weighted by molar-refractivity contribution is -0.124. The molecule has 0 bridgehead atoms. The van der Waals surface area contributed by atoms with Crippen LogP contribution in [-0.2, 0) is 4.79 Å². The van der Waals surface area contributed by atoms with E-state index in [4.69, 9.17) is 14.2 Å². The Hall–Kier alpha value is -2.69. The van der Waals surface area contributed by atoms with Crippen LogP contribution in [0, 0.1) is 5.92 Å². The summed E-state index contributed by atoms with van der Waals surface area (Å²) in [6.45, 7) is 5.47. The van der Waals surface area contributed by atoms with Crippen LogP contribution in [-0.4, -0.2) is 25.7 Å². The highest BCUT2D eigenvalue weighted by Crippen LogP contribution is 2.43. The fourth-order valence-electron chi connectivity index (χ4n) is 3.75. The molecule has 5 nitrogen and oxygen atoms in total. The van der Waals surface area contributed by atoms with Gasteiger partial charge in [-0.25, -0.2) is 0 Å². The average Bonchev–Trinajstić information content (AvgIpc) is 3.60. The number of rotatable bonds is 8. The highest BCUT2D eigenvalue weighted by atomic mass is 16.6. The molecule has 4 rings (SSSR count). The van der Waals surface area contributed by atoms with Gasteiger partial charge in [-0.05, 0) is 60.4 Å². The molecule has 2 aromatic rings. The van der Waals surface area contributed by atoms with Gasteiger partial charge < -0.3 is 19.5 Å². The van der Waals surface area contributed by atoms with E-state index in [2.05, 4.69) is 25.2 Å². The van der Waals surface area contributed by atoms with Crippen molar-refractivity contribution in [1.29, 1.82) is 0 Å². The van der Waals surface area contributed by atoms with Crippen LogP contribution in [0.1, 0.15) is 56.2 Å². The molecule has 2 atom stereocenters. The van der Waals surface area contributed by atoms with Crippen molar-refractivity contribution in [3.8, 4) is 17.2 Å². The van der Waals surface area contributed by atoms with Gasteiger partial charge in [-0.1, -0.05) is 38.1 Å². The average molecular weight is 395 g/mol. The number of amides is 1. The van der Waals surface area contributed by atoms with Gasteiger partial charge in [-0.15, -0.1) is 0 Å². The maximum atomic E-state index is 12.7. The minimum Gasteiger partial charge on any atom is -0.486 e. The lowest BCUT2D eigenvalue weighted by Crippen LogP contribution is -2.34. The van der Waals surface area contributed by atoms with Gasteiger partial charge in [0.05, 0.1) is 6.04 Å². The van der Waals surface area contributed by atoms with Gasteiger partial charge in [0.1, 0.15) is 19.0 Å². The molecule has 0 saturated heterocycles. The number of fused-ring (bicyclic) bond motifs is 1. The van der Waals surface area contributed by atoms with Gasteiger partial charge in [0.25, 0.3) is 5.91 Å². The molecule has 0 spiro atoms. The van der Waals surface area contributed by atoms with E-state index < -0.39 is 0 Å². The summed E-state index contributed by atoms with van der Waals surface area (Å²) in [6.07, 6.45) is 3.27. The summed E-state index contributed by atoms with van der Waals surface area (Å²) in [4.78, 5) is 12.7. The molecule has 2 aliphatic rings. The van der Waals surface area contributed by atoms with Gasteiger partial charge in [0.2, 0.25) is 0 Å². The van der Waals surface area contributed by atoms with Crippen molar-refractivity contribution >= 4 is 5.91 Å². The summed E-state index contributed by atoms with van der Waals surface area (Å²) in [5.74, 6) is 3.08. The summed E-state index contributed by atoms with van der Waals surface area (Å²) < 4.78 is 17.2. The van der Waals surface area contributed by atoms with Crippen molar-refractivity contribution in [3.63, 3.8) is 0 Å². The predicted octanol–water partition coefficient (Wildman–Crippen LogP) is 4.62. The normalized spacial score (nSPS) is 17.3. The SMILES string of the molecule is CCC(C)c1ccccc1OCC(=O)NC(c1ccc2c(c1)OCCO2)C1CC1. The van der Waals surface area contributed by atoms with Crippen LogP contribution >= 0.6 is 0 Å². The lowest BCUT2D eigenvalue weighted by atomic mass is 9.98. The topological polar surface area (TPSA) is 56.8 Å². The number of carbonyl (C=O) groups excluding carboxylic acids is 1. The number of para-hydroxylation sites is 1. The third-order valence-corrected chi connectivity index (χ3v) is 5.76. The van der Waals surface area contributed by atoms with E-state index in [9.17, 15) is 4.79 Å². The predicted molar refractivity (Wildman–Crippen MR) is 112 cm³/mol. The van der Waals surface area contributed by atoms with Crippen LogP contribution in [0.3, 0.4) is 0 Å². The lowest BCUT2D eigenvalue weighted by Gasteiger charge is -2.23. The van der Waals surface area contributed by atoms with E-state index in [-0.39, 0.29) is 18.6 Å². The zero-order chi connectivity index (χ0) is 20.2. The molecule has 1 N–H and O–H groups in total. The molecule has 154 valence electrons. The first-order chi connectivity index (χ1) is 14.2. The fraction of sp³-hybridized carbons (Fsp3) is 0.458. The Balaban J connectivity index is 1.42. The van der Waals surface area contributed by atoms with Crippen molar-refractivity contribution in [2.45, 2.75) is 45.1 Å². The van der Waals surface area contributed by atoms with Gasteiger partial charge in [0.15, 0.2) is 18.1 Å². The highest BCUT2D eigenvalue weighted by Gasteiger charge is 2.34. The van der Waals surface area contributed by atoms with E-state index in [1.54, 1.807) is 0 Å². The maximum Gasteiger partial charge on any atom is 0.258 e. The number of carbonyl (C=O) groups is 1. The van der Waals surface area contributed by atoms with Crippen LogP contribution < -0.4 is 19.5 Å². The molecule has 1 fully saturated rings. The number of hydrogen-bond acceptors (Lipinski definition) is 4. The van der Waals surface area contributed by atoms with Gasteiger partial charge in [0, 0.05) is 0 Å². The molecule has 5 heteroatoms. The van der Waals surface area contributed by atoms with Crippen molar-refractivity contribution in [2.24, 2.45) is 5.92 Å². The molecular weight excluding hydrogens is 366 g/mol. The van der Waals surface area contributed by atoms with Gasteiger partial charge in [-0.3, -0.25) is 4.79 Å². The standard InChI is InChI=1S/C24H29NO4/c1-3-16(2)19-6-4-5-7-20(19)29-15-23(26)25-24(17-8-9-17)18-10-11-21-22(14-18)28-13-12-27-21/h4-7,10-11,14,16-17,24H,3,8-9,12-13,15H2,1-2H3,(H,25,26).